The number of piperazine rings is 1. The van der Waals surface area contributed by atoms with E-state index in [1.165, 1.54) is 35.0 Å². The average Bonchev–Trinajstić information content (AvgIpc) is 1.60. The SMILES string of the molecule is CC1(C)CCC(CN2CCN(c3ccc(C(=O)NS(=O)(=O)c4ccc(NCC5CCN(C6CCN(CCCC#Cc7cccc8c7CN(C7CCC(=O)NC7=O)C8=O)CC6)CC5)c([N+](=O)[O-])c4)c(Oc4cnc5[nH]ccc5c4)c3)CC2)=C(c2ccc(Cl)cc2)C1. The number of carbonyl (C=O) groups is 4. The molecular weight excluding hydrogens is 1180 g/mol. The fourth-order valence-corrected chi connectivity index (χ4v) is 14.8. The van der Waals surface area contributed by atoms with Crippen molar-refractivity contribution in [2.24, 2.45) is 11.3 Å². The molecule has 1 aliphatic carbocycles. The van der Waals surface area contributed by atoms with Crippen molar-refractivity contribution >= 4 is 78.9 Å². The lowest BCUT2D eigenvalue weighted by Gasteiger charge is -2.42. The van der Waals surface area contributed by atoms with Gasteiger partial charge in [-0.15, -0.1) is 0 Å². The molecule has 2 aromatic heterocycles. The van der Waals surface area contributed by atoms with Crippen molar-refractivity contribution in [3.8, 4) is 23.3 Å². The van der Waals surface area contributed by atoms with Crippen LogP contribution in [0.5, 0.6) is 11.5 Å². The number of pyridine rings is 1. The minimum absolute atomic E-state index is 0.0471. The van der Waals surface area contributed by atoms with Gasteiger partial charge in [0.1, 0.15) is 28.9 Å². The minimum Gasteiger partial charge on any atom is -0.455 e. The van der Waals surface area contributed by atoms with Gasteiger partial charge < -0.3 is 34.6 Å². The molecule has 1 unspecified atom stereocenters. The number of likely N-dealkylation sites (tertiary alicyclic amines) is 2. The topological polar surface area (TPSA) is 236 Å². The molecular formula is C68H76ClN11O9S. The molecule has 470 valence electrons. The molecule has 0 spiro atoms. The van der Waals surface area contributed by atoms with Crippen LogP contribution in [0, 0.1) is 33.3 Å². The zero-order chi connectivity index (χ0) is 62.7. The number of imide groups is 1. The number of piperidine rings is 3. The highest BCUT2D eigenvalue weighted by Gasteiger charge is 2.40. The number of unbranched alkanes of at least 4 members (excludes halogenated alkanes) is 1. The predicted molar refractivity (Wildman–Crippen MR) is 346 cm³/mol. The number of amides is 4. The number of ether oxygens (including phenoxy) is 1. The van der Waals surface area contributed by atoms with E-state index < -0.39 is 43.4 Å². The van der Waals surface area contributed by atoms with Crippen molar-refractivity contribution in [2.75, 3.05) is 82.2 Å². The molecule has 20 nitrogen and oxygen atoms in total. The van der Waals surface area contributed by atoms with E-state index in [9.17, 15) is 37.7 Å². The van der Waals surface area contributed by atoms with E-state index in [0.717, 1.165) is 137 Å². The van der Waals surface area contributed by atoms with Crippen LogP contribution in [-0.4, -0.2) is 151 Å². The lowest BCUT2D eigenvalue weighted by Crippen LogP contribution is -2.52. The number of halogens is 1. The monoisotopic (exact) mass is 1260 g/mol. The minimum atomic E-state index is -4.62. The van der Waals surface area contributed by atoms with Crippen LogP contribution in [0.15, 0.2) is 114 Å². The Balaban J connectivity index is 0.621. The van der Waals surface area contributed by atoms with Gasteiger partial charge in [-0.1, -0.05) is 61.1 Å². The second-order valence-electron chi connectivity index (χ2n) is 25.5. The second kappa shape index (κ2) is 26.8. The van der Waals surface area contributed by atoms with Crippen LogP contribution in [0.3, 0.4) is 0 Å². The first-order chi connectivity index (χ1) is 43.4. The van der Waals surface area contributed by atoms with Gasteiger partial charge in [-0.05, 0) is 179 Å². The maximum Gasteiger partial charge on any atom is 0.293 e. The molecule has 0 bridgehead atoms. The zero-order valence-electron chi connectivity index (χ0n) is 50.9. The number of rotatable bonds is 18. The Morgan fingerprint density at radius 2 is 1.68 bits per heavy atom. The number of aromatic nitrogens is 2. The van der Waals surface area contributed by atoms with Crippen molar-refractivity contribution < 1.29 is 37.3 Å². The van der Waals surface area contributed by atoms with E-state index >= 15 is 0 Å². The maximum atomic E-state index is 14.2. The van der Waals surface area contributed by atoms with Gasteiger partial charge in [0.2, 0.25) is 11.8 Å². The van der Waals surface area contributed by atoms with Crippen LogP contribution in [0.4, 0.5) is 17.1 Å². The Hall–Kier alpha value is -8.13. The molecule has 12 rings (SSSR count). The second-order valence-corrected chi connectivity index (χ2v) is 27.6. The number of hydrogen-bond acceptors (Lipinski definition) is 15. The summed E-state index contributed by atoms with van der Waals surface area (Å²) in [6.07, 6.45) is 12.6. The lowest BCUT2D eigenvalue weighted by molar-refractivity contribution is -0.384. The highest BCUT2D eigenvalue weighted by molar-refractivity contribution is 7.90. The van der Waals surface area contributed by atoms with Crippen LogP contribution in [0.1, 0.15) is 122 Å². The molecule has 22 heteroatoms. The summed E-state index contributed by atoms with van der Waals surface area (Å²) in [5.41, 5.74) is 7.66. The molecule has 4 amide bonds. The van der Waals surface area contributed by atoms with E-state index in [-0.39, 0.29) is 46.6 Å². The van der Waals surface area contributed by atoms with E-state index in [4.69, 9.17) is 16.3 Å². The Morgan fingerprint density at radius 3 is 2.44 bits per heavy atom. The Morgan fingerprint density at radius 1 is 0.889 bits per heavy atom. The number of fused-ring (bicyclic) bond motifs is 2. The summed E-state index contributed by atoms with van der Waals surface area (Å²) in [5, 5.41) is 19.7. The number of aromatic amines is 1. The number of allylic oxidation sites excluding steroid dienone is 1. The molecule has 1 atom stereocenters. The first-order valence-electron chi connectivity index (χ1n) is 31.4. The normalized spacial score (nSPS) is 19.8. The molecule has 7 heterocycles. The van der Waals surface area contributed by atoms with Crippen LogP contribution in [0.2, 0.25) is 5.02 Å². The Bertz CT molecular complexity index is 3950. The van der Waals surface area contributed by atoms with E-state index in [2.05, 4.69) is 82.7 Å². The molecule has 6 aliphatic rings. The Labute approximate surface area is 529 Å². The molecule has 4 saturated heterocycles. The molecule has 4 N–H and O–H groups in total. The summed E-state index contributed by atoms with van der Waals surface area (Å²) in [5.74, 6) is 5.41. The number of nitrogens with one attached hydrogen (secondary N) is 4. The summed E-state index contributed by atoms with van der Waals surface area (Å²) < 4.78 is 36.6. The fourth-order valence-electron chi connectivity index (χ4n) is 13.7. The number of carbonyl (C=O) groups excluding carboxylic acids is 4. The number of benzene rings is 4. The predicted octanol–water partition coefficient (Wildman–Crippen LogP) is 10.0. The third-order valence-electron chi connectivity index (χ3n) is 18.9. The van der Waals surface area contributed by atoms with Gasteiger partial charge in [0.15, 0.2) is 0 Å². The van der Waals surface area contributed by atoms with Crippen LogP contribution >= 0.6 is 11.6 Å². The number of anilines is 2. The number of nitro groups is 1. The summed E-state index contributed by atoms with van der Waals surface area (Å²) in [7, 11) is -4.62. The number of nitrogens with zero attached hydrogens (tertiary/aromatic N) is 7. The fraction of sp³-hybridized carbons (Fsp3) is 0.426. The average molecular weight is 1260 g/mol. The molecule has 4 aromatic carbocycles. The zero-order valence-corrected chi connectivity index (χ0v) is 52.5. The third kappa shape index (κ3) is 14.2. The first kappa shape index (κ1) is 62.1. The Kier molecular flexibility index (Phi) is 18.5. The molecule has 5 aliphatic heterocycles. The number of hydrogen-bond donors (Lipinski definition) is 4. The van der Waals surface area contributed by atoms with Crippen LogP contribution in [-0.2, 0) is 26.2 Å². The van der Waals surface area contributed by atoms with Gasteiger partial charge in [-0.25, -0.2) is 18.1 Å². The molecule has 6 aromatic rings. The quantitative estimate of drug-likeness (QED) is 0.0206. The number of sulfonamides is 1. The van der Waals surface area contributed by atoms with Crippen molar-refractivity contribution in [1.29, 1.82) is 0 Å². The third-order valence-corrected chi connectivity index (χ3v) is 20.5. The standard InChI is InChI=1S/C68H76ClN11O9S/c1-68(2)26-20-49(57(40-68)47-10-12-50(69)13-11-47)43-76-33-35-78(36-34-76)52-14-16-56(62(38-52)89-53-37-48-21-27-70-64(48)72-42-53)65(82)74-90(87,88)54-15-17-59(61(39-54)80(85)86)71-41-45-22-31-77(32-23-45)51-24-29-75(30-25-51)28-5-3-4-7-46-8-6-9-55-58(46)44-79(67(55)84)60-18-19-63(81)73-66(60)83/h6,8-17,21,27,37-39,42,45,51,60,71H,3,5,18-20,22-26,28-36,40-41,43-44H2,1-2H3,(H,70,72)(H,74,82)(H,73,81,83). The summed E-state index contributed by atoms with van der Waals surface area (Å²) in [6, 6.07) is 25.9. The number of H-pyrrole nitrogens is 1. The smallest absolute Gasteiger partial charge is 0.293 e. The first-order valence-corrected chi connectivity index (χ1v) is 33.3. The van der Waals surface area contributed by atoms with Crippen molar-refractivity contribution in [2.45, 2.75) is 108 Å². The van der Waals surface area contributed by atoms with Gasteiger partial charge >= 0.3 is 0 Å². The van der Waals surface area contributed by atoms with E-state index in [1.807, 2.05) is 30.3 Å². The van der Waals surface area contributed by atoms with Gasteiger partial charge in [0.05, 0.1) is 21.6 Å². The molecule has 90 heavy (non-hydrogen) atoms. The summed E-state index contributed by atoms with van der Waals surface area (Å²) in [6.45, 7) is 14.1. The lowest BCUT2D eigenvalue weighted by atomic mass is 9.72. The van der Waals surface area contributed by atoms with Gasteiger partial charge in [0, 0.05) is 110 Å². The largest absolute Gasteiger partial charge is 0.455 e. The summed E-state index contributed by atoms with van der Waals surface area (Å²) >= 11 is 6.28. The summed E-state index contributed by atoms with van der Waals surface area (Å²) in [4.78, 5) is 82.0. The van der Waals surface area contributed by atoms with E-state index in [1.54, 1.807) is 41.4 Å². The van der Waals surface area contributed by atoms with Crippen LogP contribution < -0.4 is 25.0 Å². The van der Waals surface area contributed by atoms with Gasteiger partial charge in [-0.3, -0.25) is 39.5 Å². The molecule has 0 saturated carbocycles. The number of nitro benzene ring substituents is 1. The van der Waals surface area contributed by atoms with Crippen molar-refractivity contribution in [3.63, 3.8) is 0 Å². The van der Waals surface area contributed by atoms with E-state index in [0.29, 0.717) is 62.0 Å². The van der Waals surface area contributed by atoms with Gasteiger partial charge in [0.25, 0.3) is 27.5 Å². The molecule has 4 fully saturated rings. The van der Waals surface area contributed by atoms with Gasteiger partial charge in [-0.2, -0.15) is 0 Å². The van der Waals surface area contributed by atoms with Crippen molar-refractivity contribution in [3.05, 3.63) is 152 Å². The highest BCUT2D eigenvalue weighted by atomic mass is 35.5. The molecule has 0 radical (unpaired) electrons. The maximum absolute atomic E-state index is 14.2. The van der Waals surface area contributed by atoms with Crippen LogP contribution in [0.25, 0.3) is 16.6 Å². The highest BCUT2D eigenvalue weighted by Crippen LogP contribution is 2.44. The van der Waals surface area contributed by atoms with Crippen molar-refractivity contribution in [1.82, 2.24) is 39.6 Å².